The Balaban J connectivity index is 2.29. The van der Waals surface area contributed by atoms with Gasteiger partial charge in [-0.1, -0.05) is 11.3 Å². The molecule has 0 aliphatic heterocycles. The summed E-state index contributed by atoms with van der Waals surface area (Å²) in [6, 6.07) is 1.57. The first kappa shape index (κ1) is 14.2. The number of hydrogen-bond donors (Lipinski definition) is 1. The van der Waals surface area contributed by atoms with Crippen molar-refractivity contribution >= 4 is 28.2 Å². The number of ketones is 1. The first-order valence-corrected chi connectivity index (χ1v) is 6.57. The van der Waals surface area contributed by atoms with Gasteiger partial charge in [-0.15, -0.1) is 0 Å². The van der Waals surface area contributed by atoms with Crippen LogP contribution in [0.2, 0.25) is 0 Å². The average molecular weight is 294 g/mol. The topological polar surface area (TPSA) is 86.2 Å². The summed E-state index contributed by atoms with van der Waals surface area (Å²) < 4.78 is 10.1. The third-order valence-electron chi connectivity index (χ3n) is 2.43. The molecule has 0 fully saturated rings. The minimum absolute atomic E-state index is 0.0165. The number of anilines is 2. The number of methoxy groups -OCH3 is 2. The maximum Gasteiger partial charge on any atom is 0.235 e. The molecule has 106 valence electrons. The number of ether oxygens (including phenoxy) is 2. The van der Waals surface area contributed by atoms with Crippen LogP contribution < -0.4 is 14.8 Å². The number of aryl methyl sites for hydroxylation is 1. The molecule has 8 heteroatoms. The van der Waals surface area contributed by atoms with Crippen LogP contribution in [0.25, 0.3) is 0 Å². The number of nitrogens with zero attached hydrogens (tertiary/aromatic N) is 3. The molecule has 0 amide bonds. The van der Waals surface area contributed by atoms with Crippen LogP contribution in [0.5, 0.6) is 11.8 Å². The van der Waals surface area contributed by atoms with Crippen LogP contribution in [0, 0.1) is 6.92 Å². The second kappa shape index (κ2) is 5.83. The van der Waals surface area contributed by atoms with E-state index in [1.54, 1.807) is 13.0 Å². The maximum absolute atomic E-state index is 11.4. The van der Waals surface area contributed by atoms with Gasteiger partial charge in [-0.2, -0.15) is 9.97 Å². The monoisotopic (exact) mass is 294 g/mol. The molecule has 2 heterocycles. The van der Waals surface area contributed by atoms with Crippen molar-refractivity contribution in [2.45, 2.75) is 13.8 Å². The lowest BCUT2D eigenvalue weighted by molar-refractivity contribution is 0.102. The van der Waals surface area contributed by atoms with Crippen molar-refractivity contribution in [2.75, 3.05) is 19.5 Å². The Morgan fingerprint density at radius 1 is 1.20 bits per heavy atom. The fourth-order valence-corrected chi connectivity index (χ4v) is 2.40. The van der Waals surface area contributed by atoms with Crippen LogP contribution >= 0.6 is 11.3 Å². The van der Waals surface area contributed by atoms with Crippen molar-refractivity contribution < 1.29 is 14.3 Å². The molecular weight excluding hydrogens is 280 g/mol. The summed E-state index contributed by atoms with van der Waals surface area (Å²) in [4.78, 5) is 24.6. The Morgan fingerprint density at radius 3 is 2.25 bits per heavy atom. The molecule has 0 atom stereocenters. The van der Waals surface area contributed by atoms with Crippen molar-refractivity contribution in [1.82, 2.24) is 15.0 Å². The third kappa shape index (κ3) is 3.02. The van der Waals surface area contributed by atoms with E-state index in [9.17, 15) is 4.79 Å². The number of nitrogens with one attached hydrogen (secondary N) is 1. The molecule has 2 rings (SSSR count). The van der Waals surface area contributed by atoms with Crippen molar-refractivity contribution in [1.29, 1.82) is 0 Å². The van der Waals surface area contributed by atoms with Crippen LogP contribution in [-0.2, 0) is 0 Å². The predicted octanol–water partition coefficient (Wildman–Crippen LogP) is 2.20. The quantitative estimate of drug-likeness (QED) is 0.846. The summed E-state index contributed by atoms with van der Waals surface area (Å²) in [5, 5.41) is 3.49. The highest BCUT2D eigenvalue weighted by Gasteiger charge is 2.13. The minimum Gasteiger partial charge on any atom is -0.481 e. The van der Waals surface area contributed by atoms with Gasteiger partial charge in [0.25, 0.3) is 0 Å². The van der Waals surface area contributed by atoms with Gasteiger partial charge in [0, 0.05) is 6.92 Å². The van der Waals surface area contributed by atoms with Crippen LogP contribution in [0.1, 0.15) is 22.3 Å². The van der Waals surface area contributed by atoms with E-state index in [1.807, 2.05) is 0 Å². The summed E-state index contributed by atoms with van der Waals surface area (Å²) in [6.07, 6.45) is 0. The number of Topliss-reactive ketones (excluding diaryl/α,β-unsaturated/α-hetero) is 1. The zero-order valence-electron chi connectivity index (χ0n) is 11.6. The zero-order valence-corrected chi connectivity index (χ0v) is 12.4. The first-order valence-electron chi connectivity index (χ1n) is 5.76. The molecule has 0 saturated carbocycles. The van der Waals surface area contributed by atoms with Gasteiger partial charge in [-0.3, -0.25) is 10.1 Å². The Bertz CT molecular complexity index is 619. The molecule has 0 aliphatic carbocycles. The number of aromatic nitrogens is 3. The van der Waals surface area contributed by atoms with Crippen LogP contribution in [0.3, 0.4) is 0 Å². The van der Waals surface area contributed by atoms with Gasteiger partial charge in [0.05, 0.1) is 30.9 Å². The molecule has 7 nitrogen and oxygen atoms in total. The molecule has 0 aliphatic rings. The highest BCUT2D eigenvalue weighted by molar-refractivity contribution is 7.17. The Labute approximate surface area is 120 Å². The van der Waals surface area contributed by atoms with Crippen molar-refractivity contribution in [3.63, 3.8) is 0 Å². The molecule has 1 N–H and O–H groups in total. The fourth-order valence-electron chi connectivity index (χ4n) is 1.54. The first-order chi connectivity index (χ1) is 9.53. The van der Waals surface area contributed by atoms with Crippen molar-refractivity contribution in [2.24, 2.45) is 0 Å². The molecule has 0 spiro atoms. The molecule has 2 aromatic heterocycles. The minimum atomic E-state index is -0.0165. The normalized spacial score (nSPS) is 10.2. The number of thiazole rings is 1. The lowest BCUT2D eigenvalue weighted by atomic mass is 10.3. The molecule has 0 aromatic carbocycles. The summed E-state index contributed by atoms with van der Waals surface area (Å²) in [5.74, 6) is 1.03. The van der Waals surface area contributed by atoms with Crippen LogP contribution in [0.15, 0.2) is 6.07 Å². The molecular formula is C12H14N4O3S. The lowest BCUT2D eigenvalue weighted by Crippen LogP contribution is -2.00. The number of rotatable bonds is 5. The smallest absolute Gasteiger partial charge is 0.235 e. The summed E-state index contributed by atoms with van der Waals surface area (Å²) in [5.41, 5.74) is 0.680. The highest BCUT2D eigenvalue weighted by Crippen LogP contribution is 2.26. The van der Waals surface area contributed by atoms with Gasteiger partial charge >= 0.3 is 0 Å². The summed E-state index contributed by atoms with van der Waals surface area (Å²) in [7, 11) is 3.01. The lowest BCUT2D eigenvalue weighted by Gasteiger charge is -2.06. The van der Waals surface area contributed by atoms with E-state index in [-0.39, 0.29) is 5.78 Å². The molecule has 0 radical (unpaired) electrons. The van der Waals surface area contributed by atoms with E-state index in [1.165, 1.54) is 32.5 Å². The van der Waals surface area contributed by atoms with Gasteiger partial charge < -0.3 is 9.47 Å². The summed E-state index contributed by atoms with van der Waals surface area (Å²) in [6.45, 7) is 3.29. The molecule has 0 unspecified atom stereocenters. The number of carbonyl (C=O) groups excluding carboxylic acids is 1. The fraction of sp³-hybridized carbons (Fsp3) is 0.333. The summed E-state index contributed by atoms with van der Waals surface area (Å²) >= 11 is 1.26. The van der Waals surface area contributed by atoms with Gasteiger partial charge in [0.1, 0.15) is 0 Å². The second-order valence-corrected chi connectivity index (χ2v) is 4.89. The van der Waals surface area contributed by atoms with Crippen molar-refractivity contribution in [3.05, 3.63) is 16.6 Å². The molecule has 0 saturated heterocycles. The van der Waals surface area contributed by atoms with E-state index < -0.39 is 0 Å². The van der Waals surface area contributed by atoms with E-state index in [0.29, 0.717) is 33.4 Å². The number of hydrogen-bond acceptors (Lipinski definition) is 8. The van der Waals surface area contributed by atoms with Crippen LogP contribution in [0.4, 0.5) is 11.1 Å². The van der Waals surface area contributed by atoms with Crippen molar-refractivity contribution in [3.8, 4) is 11.8 Å². The standard InChI is InChI=1S/C12H14N4O3S/c1-6-10(7(2)17)20-12(13-6)16-11-14-8(18-3)5-9(15-11)19-4/h5H,1-4H3,(H,13,14,15,16). The van der Waals surface area contributed by atoms with Crippen LogP contribution in [-0.4, -0.2) is 35.0 Å². The third-order valence-corrected chi connectivity index (χ3v) is 3.61. The van der Waals surface area contributed by atoms with E-state index >= 15 is 0 Å². The van der Waals surface area contributed by atoms with Gasteiger partial charge in [0.15, 0.2) is 10.9 Å². The Kier molecular flexibility index (Phi) is 4.14. The van der Waals surface area contributed by atoms with E-state index in [0.717, 1.165) is 0 Å². The molecule has 0 bridgehead atoms. The average Bonchev–Trinajstić information content (AvgIpc) is 2.79. The van der Waals surface area contributed by atoms with Gasteiger partial charge in [-0.05, 0) is 6.92 Å². The number of carbonyl (C=O) groups is 1. The van der Waals surface area contributed by atoms with E-state index in [2.05, 4.69) is 20.3 Å². The SMILES string of the molecule is COc1cc(OC)nc(Nc2nc(C)c(C(C)=O)s2)n1. The van der Waals surface area contributed by atoms with Gasteiger partial charge in [0.2, 0.25) is 17.7 Å². The second-order valence-electron chi connectivity index (χ2n) is 3.89. The molecule has 2 aromatic rings. The molecule has 20 heavy (non-hydrogen) atoms. The zero-order chi connectivity index (χ0) is 14.7. The highest BCUT2D eigenvalue weighted by atomic mass is 32.1. The van der Waals surface area contributed by atoms with E-state index in [4.69, 9.17) is 9.47 Å². The van der Waals surface area contributed by atoms with Gasteiger partial charge in [-0.25, -0.2) is 4.98 Å². The maximum atomic E-state index is 11.4. The largest absolute Gasteiger partial charge is 0.481 e. The Hall–Kier alpha value is -2.22. The Morgan fingerprint density at radius 2 is 1.80 bits per heavy atom. The predicted molar refractivity (Wildman–Crippen MR) is 75.3 cm³/mol.